The molecule has 0 saturated heterocycles. The van der Waals surface area contributed by atoms with Crippen molar-refractivity contribution < 1.29 is 23.1 Å². The number of carbonyl (C=O) groups excluding carboxylic acids is 1. The van der Waals surface area contributed by atoms with Crippen LogP contribution < -0.4 is 4.72 Å². The molecule has 0 saturated carbocycles. The van der Waals surface area contributed by atoms with Crippen LogP contribution in [0.3, 0.4) is 0 Å². The van der Waals surface area contributed by atoms with Crippen molar-refractivity contribution in [1.29, 1.82) is 0 Å². The first-order chi connectivity index (χ1) is 9.75. The van der Waals surface area contributed by atoms with Gasteiger partial charge in [-0.25, -0.2) is 13.2 Å². The average Bonchev–Trinajstić information content (AvgIpc) is 2.44. The molecule has 0 spiro atoms. The van der Waals surface area contributed by atoms with E-state index in [0.29, 0.717) is 12.0 Å². The Morgan fingerprint density at radius 2 is 1.86 bits per heavy atom. The van der Waals surface area contributed by atoms with Crippen molar-refractivity contribution >= 4 is 45.5 Å². The molecule has 8 heteroatoms. The third kappa shape index (κ3) is 5.55. The number of hydrogen-bond donors (Lipinski definition) is 2. The van der Waals surface area contributed by atoms with Crippen molar-refractivity contribution in [2.75, 3.05) is 12.9 Å². The summed E-state index contributed by atoms with van der Waals surface area (Å²) in [5, 5.41) is 9.31. The van der Waals surface area contributed by atoms with E-state index in [9.17, 15) is 18.3 Å². The number of rotatable bonds is 7. The van der Waals surface area contributed by atoms with Crippen molar-refractivity contribution in [2.45, 2.75) is 32.2 Å². The summed E-state index contributed by atoms with van der Waals surface area (Å²) >= 11 is 0. The standard InChI is InChI=1S/C14H21NO5S.Na.H/c1-4-5-10-21(18,19)15-14(2,13(17)20-3)11-6-8-12(16)9-7-11;;/h6-9,15-16H,4-5,10H2,1-3H3;;. The van der Waals surface area contributed by atoms with Crippen molar-refractivity contribution in [3.8, 4) is 5.75 Å². The van der Waals surface area contributed by atoms with Gasteiger partial charge in [0.05, 0.1) is 12.9 Å². The summed E-state index contributed by atoms with van der Waals surface area (Å²) in [4.78, 5) is 12.1. The molecule has 0 bridgehead atoms. The van der Waals surface area contributed by atoms with Gasteiger partial charge in [0.15, 0.2) is 5.54 Å². The minimum atomic E-state index is -3.63. The second-order valence-corrected chi connectivity index (χ2v) is 6.78. The molecule has 1 unspecified atom stereocenters. The zero-order chi connectivity index (χ0) is 16.1. The number of aromatic hydroxyl groups is 1. The molecule has 0 amide bonds. The number of unbranched alkanes of at least 4 members (excludes halogenated alkanes) is 1. The van der Waals surface area contributed by atoms with Crippen LogP contribution in [0.5, 0.6) is 5.75 Å². The molecule has 120 valence electrons. The fraction of sp³-hybridized carbons (Fsp3) is 0.500. The Morgan fingerprint density at radius 3 is 2.32 bits per heavy atom. The Labute approximate surface area is 153 Å². The van der Waals surface area contributed by atoms with E-state index in [-0.39, 0.29) is 41.1 Å². The number of phenols is 1. The van der Waals surface area contributed by atoms with Gasteiger partial charge in [-0.2, -0.15) is 4.72 Å². The molecule has 0 radical (unpaired) electrons. The van der Waals surface area contributed by atoms with Gasteiger partial charge in [0.25, 0.3) is 0 Å². The van der Waals surface area contributed by atoms with E-state index >= 15 is 0 Å². The fourth-order valence-electron chi connectivity index (χ4n) is 1.91. The first-order valence-electron chi connectivity index (χ1n) is 6.64. The van der Waals surface area contributed by atoms with Crippen molar-refractivity contribution in [3.05, 3.63) is 29.8 Å². The van der Waals surface area contributed by atoms with Crippen LogP contribution >= 0.6 is 0 Å². The van der Waals surface area contributed by atoms with Gasteiger partial charge in [0.1, 0.15) is 5.75 Å². The minimum absolute atomic E-state index is 0. The van der Waals surface area contributed by atoms with E-state index in [4.69, 9.17) is 4.74 Å². The second kappa shape index (κ2) is 8.88. The van der Waals surface area contributed by atoms with E-state index in [1.54, 1.807) is 0 Å². The summed E-state index contributed by atoms with van der Waals surface area (Å²) in [7, 11) is -2.43. The van der Waals surface area contributed by atoms with Gasteiger partial charge in [-0.05, 0) is 31.0 Å². The van der Waals surface area contributed by atoms with Gasteiger partial charge in [-0.1, -0.05) is 25.5 Å². The van der Waals surface area contributed by atoms with Gasteiger partial charge < -0.3 is 9.84 Å². The van der Waals surface area contributed by atoms with Gasteiger partial charge in [-0.3, -0.25) is 0 Å². The number of phenolic OH excluding ortho intramolecular Hbond substituents is 1. The number of methoxy groups -OCH3 is 1. The van der Waals surface area contributed by atoms with Crippen LogP contribution in [0.1, 0.15) is 32.3 Å². The molecule has 0 aromatic heterocycles. The third-order valence-corrected chi connectivity index (χ3v) is 4.71. The third-order valence-electron chi connectivity index (χ3n) is 3.16. The molecular weight excluding hydrogens is 317 g/mol. The molecule has 1 rings (SSSR count). The number of ether oxygens (including phenoxy) is 1. The number of esters is 1. The van der Waals surface area contributed by atoms with Crippen molar-refractivity contribution in [3.63, 3.8) is 0 Å². The van der Waals surface area contributed by atoms with Crippen molar-refractivity contribution in [1.82, 2.24) is 4.72 Å². The van der Waals surface area contributed by atoms with Crippen LogP contribution in [0, 0.1) is 0 Å². The van der Waals surface area contributed by atoms with Crippen LogP contribution in [0.2, 0.25) is 0 Å². The number of sulfonamides is 1. The number of carbonyl (C=O) groups is 1. The molecule has 0 fully saturated rings. The maximum absolute atomic E-state index is 12.1. The van der Waals surface area contributed by atoms with E-state index in [2.05, 4.69) is 4.72 Å². The second-order valence-electron chi connectivity index (χ2n) is 4.94. The van der Waals surface area contributed by atoms with Gasteiger partial charge in [0, 0.05) is 0 Å². The average molecular weight is 339 g/mol. The Balaban J connectivity index is 0.00000441. The molecule has 0 aliphatic carbocycles. The van der Waals surface area contributed by atoms with Gasteiger partial charge in [0.2, 0.25) is 10.0 Å². The molecule has 1 aromatic rings. The predicted molar refractivity (Wildman–Crippen MR) is 86.5 cm³/mol. The maximum atomic E-state index is 12.1. The Bertz CT molecular complexity index is 588. The summed E-state index contributed by atoms with van der Waals surface area (Å²) in [6, 6.07) is 5.73. The van der Waals surface area contributed by atoms with E-state index in [1.165, 1.54) is 38.3 Å². The quantitative estimate of drug-likeness (QED) is 0.567. The molecular formula is C14H22NNaO5S. The van der Waals surface area contributed by atoms with E-state index < -0.39 is 21.5 Å². The molecule has 0 heterocycles. The number of nitrogens with one attached hydrogen (secondary N) is 1. The van der Waals surface area contributed by atoms with Crippen molar-refractivity contribution in [2.24, 2.45) is 0 Å². The fourth-order valence-corrected chi connectivity index (χ4v) is 3.51. The molecule has 2 N–H and O–H groups in total. The van der Waals surface area contributed by atoms with Gasteiger partial charge >= 0.3 is 35.5 Å². The molecule has 1 atom stereocenters. The van der Waals surface area contributed by atoms with Crippen LogP contribution in [-0.2, 0) is 25.1 Å². The Hall–Kier alpha value is -0.600. The predicted octanol–water partition coefficient (Wildman–Crippen LogP) is 0.851. The molecule has 0 aliphatic heterocycles. The van der Waals surface area contributed by atoms with Crippen LogP contribution in [-0.4, -0.2) is 61.9 Å². The monoisotopic (exact) mass is 339 g/mol. The Morgan fingerprint density at radius 1 is 1.32 bits per heavy atom. The first-order valence-corrected chi connectivity index (χ1v) is 8.30. The normalized spacial score (nSPS) is 13.8. The first kappa shape index (κ1) is 21.4. The topological polar surface area (TPSA) is 92.7 Å². The van der Waals surface area contributed by atoms with Crippen LogP contribution in [0.4, 0.5) is 0 Å². The summed E-state index contributed by atoms with van der Waals surface area (Å²) < 4.78 is 31.3. The van der Waals surface area contributed by atoms with Crippen LogP contribution in [0.25, 0.3) is 0 Å². The summed E-state index contributed by atoms with van der Waals surface area (Å²) in [5.74, 6) is -0.748. The van der Waals surface area contributed by atoms with E-state index in [0.717, 1.165) is 6.42 Å². The number of hydrogen-bond acceptors (Lipinski definition) is 5. The summed E-state index contributed by atoms with van der Waals surface area (Å²) in [5.41, 5.74) is -1.14. The SMILES string of the molecule is CCCCS(=O)(=O)NC(C)(C(=O)OC)c1ccc(O)cc1.[NaH]. The van der Waals surface area contributed by atoms with Gasteiger partial charge in [-0.15, -0.1) is 0 Å². The number of benzene rings is 1. The zero-order valence-corrected chi connectivity index (χ0v) is 13.2. The zero-order valence-electron chi connectivity index (χ0n) is 12.4. The summed E-state index contributed by atoms with van der Waals surface area (Å²) in [6.45, 7) is 3.32. The summed E-state index contributed by atoms with van der Waals surface area (Å²) in [6.07, 6.45) is 1.23. The molecule has 22 heavy (non-hydrogen) atoms. The van der Waals surface area contributed by atoms with Crippen LogP contribution in [0.15, 0.2) is 24.3 Å². The Kier molecular flexibility index (Phi) is 8.64. The van der Waals surface area contributed by atoms with E-state index in [1.807, 2.05) is 6.92 Å². The molecule has 6 nitrogen and oxygen atoms in total. The molecule has 0 aliphatic rings. The molecule has 1 aromatic carbocycles.